The lowest BCUT2D eigenvalue weighted by molar-refractivity contribution is -0.0396. The molecule has 0 aromatic rings. The maximum Gasteiger partial charge on any atom is 0.0950 e. The monoisotopic (exact) mass is 350 g/mol. The maximum absolute atomic E-state index is 11.0. The number of aliphatic hydroxyl groups is 2. The highest BCUT2D eigenvalue weighted by atomic mass is 16.5. The van der Waals surface area contributed by atoms with E-state index in [9.17, 15) is 5.11 Å². The number of hydrogen-bond donors (Lipinski definition) is 6. The second kappa shape index (κ2) is 15.0. The van der Waals surface area contributed by atoms with Crippen LogP contribution in [0, 0.1) is 0 Å². The first-order valence-electron chi connectivity index (χ1n) is 8.93. The van der Waals surface area contributed by atoms with Gasteiger partial charge in [-0.25, -0.2) is 0 Å². The summed E-state index contributed by atoms with van der Waals surface area (Å²) in [6, 6.07) is -1.05. The predicted molar refractivity (Wildman–Crippen MR) is 95.4 cm³/mol. The van der Waals surface area contributed by atoms with Crippen LogP contribution in [0.5, 0.6) is 0 Å². The van der Waals surface area contributed by atoms with Crippen molar-refractivity contribution in [3.8, 4) is 0 Å². The fraction of sp³-hybridized carbons (Fsp3) is 1.00. The van der Waals surface area contributed by atoms with Crippen molar-refractivity contribution in [1.82, 2.24) is 0 Å². The van der Waals surface area contributed by atoms with Crippen LogP contribution in [0.1, 0.15) is 38.5 Å². The van der Waals surface area contributed by atoms with Gasteiger partial charge in [0.15, 0.2) is 0 Å². The highest BCUT2D eigenvalue weighted by molar-refractivity contribution is 4.97. The summed E-state index contributed by atoms with van der Waals surface area (Å²) in [5.41, 5.74) is 21.9. The van der Waals surface area contributed by atoms with Crippen molar-refractivity contribution >= 4 is 0 Å². The van der Waals surface area contributed by atoms with Crippen LogP contribution in [-0.2, 0) is 9.47 Å². The van der Waals surface area contributed by atoms with E-state index in [0.29, 0.717) is 65.2 Å². The van der Waals surface area contributed by atoms with E-state index in [1.54, 1.807) is 0 Å². The summed E-state index contributed by atoms with van der Waals surface area (Å²) in [5.74, 6) is 0. The molecule has 8 heteroatoms. The molecule has 0 bridgehead atoms. The van der Waals surface area contributed by atoms with Gasteiger partial charge in [-0.3, -0.25) is 0 Å². The molecule has 0 heterocycles. The van der Waals surface area contributed by atoms with E-state index in [2.05, 4.69) is 0 Å². The molecule has 0 aromatic carbocycles. The smallest absolute Gasteiger partial charge is 0.0950 e. The Hall–Kier alpha value is -0.320. The zero-order valence-electron chi connectivity index (χ0n) is 14.9. The number of nitrogens with two attached hydrogens (primary N) is 4. The summed E-state index contributed by atoms with van der Waals surface area (Å²) in [6.07, 6.45) is 3.37. The van der Waals surface area contributed by atoms with Gasteiger partial charge in [0.05, 0.1) is 5.60 Å². The molecular weight excluding hydrogens is 312 g/mol. The third kappa shape index (κ3) is 9.85. The molecule has 8 nitrogen and oxygen atoms in total. The average Bonchev–Trinajstić information content (AvgIpc) is 2.58. The van der Waals surface area contributed by atoms with Crippen LogP contribution in [0.3, 0.4) is 0 Å². The summed E-state index contributed by atoms with van der Waals surface area (Å²) in [4.78, 5) is 0. The summed E-state index contributed by atoms with van der Waals surface area (Å²) in [5, 5.41) is 20.0. The van der Waals surface area contributed by atoms with Gasteiger partial charge in [0, 0.05) is 45.1 Å². The molecule has 146 valence electrons. The van der Waals surface area contributed by atoms with Gasteiger partial charge < -0.3 is 42.6 Å². The van der Waals surface area contributed by atoms with Crippen molar-refractivity contribution in [3.05, 3.63) is 0 Å². The quantitative estimate of drug-likeness (QED) is 0.175. The van der Waals surface area contributed by atoms with Crippen molar-refractivity contribution in [3.63, 3.8) is 0 Å². The van der Waals surface area contributed by atoms with Gasteiger partial charge in [-0.1, -0.05) is 0 Å². The average molecular weight is 351 g/mol. The van der Waals surface area contributed by atoms with Crippen LogP contribution in [0.15, 0.2) is 0 Å². The minimum Gasteiger partial charge on any atom is -0.396 e. The first kappa shape index (κ1) is 23.7. The Labute approximate surface area is 145 Å². The van der Waals surface area contributed by atoms with Gasteiger partial charge in [0.2, 0.25) is 0 Å². The molecular formula is C16H38N4O4. The molecule has 10 N–H and O–H groups in total. The molecule has 0 aliphatic carbocycles. The van der Waals surface area contributed by atoms with Crippen molar-refractivity contribution in [1.29, 1.82) is 0 Å². The van der Waals surface area contributed by atoms with Crippen LogP contribution < -0.4 is 22.9 Å². The molecule has 2 atom stereocenters. The Morgan fingerprint density at radius 2 is 1.25 bits per heavy atom. The fourth-order valence-corrected chi connectivity index (χ4v) is 2.50. The fourth-order valence-electron chi connectivity index (χ4n) is 2.50. The largest absolute Gasteiger partial charge is 0.396 e. The molecule has 0 saturated carbocycles. The van der Waals surface area contributed by atoms with E-state index in [1.807, 2.05) is 0 Å². The number of ether oxygens (including phenoxy) is 2. The van der Waals surface area contributed by atoms with E-state index in [0.717, 1.165) is 12.8 Å². The molecule has 0 spiro atoms. The molecule has 0 aliphatic rings. The van der Waals surface area contributed by atoms with E-state index >= 15 is 0 Å². The Bertz CT molecular complexity index is 265. The minimum atomic E-state index is -1.25. The van der Waals surface area contributed by atoms with Crippen molar-refractivity contribution in [2.75, 3.05) is 46.1 Å². The Morgan fingerprint density at radius 1 is 0.792 bits per heavy atom. The Morgan fingerprint density at radius 3 is 1.62 bits per heavy atom. The lowest BCUT2D eigenvalue weighted by Crippen LogP contribution is -2.60. The minimum absolute atomic E-state index is 0.0122. The molecule has 0 saturated heterocycles. The van der Waals surface area contributed by atoms with Gasteiger partial charge in [-0.15, -0.1) is 0 Å². The van der Waals surface area contributed by atoms with Crippen LogP contribution >= 0.6 is 0 Å². The van der Waals surface area contributed by atoms with E-state index in [1.165, 1.54) is 0 Å². The van der Waals surface area contributed by atoms with E-state index in [4.69, 9.17) is 37.5 Å². The number of rotatable bonds is 17. The maximum atomic E-state index is 11.0. The van der Waals surface area contributed by atoms with Gasteiger partial charge in [0.25, 0.3) is 0 Å². The third-order valence-electron chi connectivity index (χ3n) is 4.15. The van der Waals surface area contributed by atoms with Crippen LogP contribution in [-0.4, -0.2) is 74.0 Å². The molecule has 0 radical (unpaired) electrons. The van der Waals surface area contributed by atoms with Crippen molar-refractivity contribution < 1.29 is 19.7 Å². The van der Waals surface area contributed by atoms with E-state index < -0.39 is 17.7 Å². The summed E-state index contributed by atoms with van der Waals surface area (Å²) in [7, 11) is 0. The number of aliphatic hydroxyl groups excluding tert-OH is 1. The predicted octanol–water partition coefficient (Wildman–Crippen LogP) is -1.34. The summed E-state index contributed by atoms with van der Waals surface area (Å²) in [6.45, 7) is 3.22. The Kier molecular flexibility index (Phi) is 14.8. The molecule has 0 rings (SSSR count). The molecule has 0 amide bonds. The van der Waals surface area contributed by atoms with Gasteiger partial charge >= 0.3 is 0 Å². The van der Waals surface area contributed by atoms with Crippen molar-refractivity contribution in [2.24, 2.45) is 22.9 Å². The normalized spacial score (nSPS) is 16.8. The Balaban J connectivity index is 4.38. The first-order chi connectivity index (χ1) is 11.5. The second-order valence-electron chi connectivity index (χ2n) is 6.12. The van der Waals surface area contributed by atoms with Crippen LogP contribution in [0.25, 0.3) is 0 Å². The molecule has 24 heavy (non-hydrogen) atoms. The standard InChI is InChI=1S/C16H38N4O4/c17-7-2-10-23-12-4-14(19)16(22,6-1-9-21)15(20)5-13-24-11-3-8-18/h14-15,21-22H,1-13,17-20H2. The van der Waals surface area contributed by atoms with Crippen LogP contribution in [0.4, 0.5) is 0 Å². The third-order valence-corrected chi connectivity index (χ3v) is 4.15. The van der Waals surface area contributed by atoms with Crippen LogP contribution in [0.2, 0.25) is 0 Å². The summed E-state index contributed by atoms with van der Waals surface area (Å²) < 4.78 is 10.9. The lowest BCUT2D eigenvalue weighted by atomic mass is 9.80. The van der Waals surface area contributed by atoms with Gasteiger partial charge in [0.1, 0.15) is 0 Å². The second-order valence-corrected chi connectivity index (χ2v) is 6.12. The molecule has 0 fully saturated rings. The van der Waals surface area contributed by atoms with E-state index in [-0.39, 0.29) is 6.61 Å². The number of hydrogen-bond acceptors (Lipinski definition) is 8. The van der Waals surface area contributed by atoms with Crippen molar-refractivity contribution in [2.45, 2.75) is 56.2 Å². The molecule has 0 aliphatic heterocycles. The highest BCUT2D eigenvalue weighted by Crippen LogP contribution is 2.24. The zero-order chi connectivity index (χ0) is 18.3. The first-order valence-corrected chi connectivity index (χ1v) is 8.93. The summed E-state index contributed by atoms with van der Waals surface area (Å²) >= 11 is 0. The van der Waals surface area contributed by atoms with Gasteiger partial charge in [-0.2, -0.15) is 0 Å². The SMILES string of the molecule is NCCCOCCC(N)C(O)(CCCO)C(N)CCOCCCN. The zero-order valence-corrected chi connectivity index (χ0v) is 14.9. The molecule has 0 aromatic heterocycles. The lowest BCUT2D eigenvalue weighted by Gasteiger charge is -2.39. The molecule has 2 unspecified atom stereocenters. The topological polar surface area (TPSA) is 163 Å². The van der Waals surface area contributed by atoms with Gasteiger partial charge in [-0.05, 0) is 51.6 Å². The highest BCUT2D eigenvalue weighted by Gasteiger charge is 2.39.